The third-order valence-electron chi connectivity index (χ3n) is 5.43. The number of ether oxygens (including phenoxy) is 2. The van der Waals surface area contributed by atoms with Crippen LogP contribution < -0.4 is 14.8 Å². The average Bonchev–Trinajstić information content (AvgIpc) is 3.29. The maximum atomic E-state index is 13.7. The van der Waals surface area contributed by atoms with Gasteiger partial charge in [0.15, 0.2) is 11.5 Å². The molecule has 5 rings (SSSR count). The Labute approximate surface area is 202 Å². The normalized spacial score (nSPS) is 13.9. The molecule has 9 heteroatoms. The summed E-state index contributed by atoms with van der Waals surface area (Å²) in [7, 11) is -4.08. The molecule has 0 bridgehead atoms. The third kappa shape index (κ3) is 4.22. The van der Waals surface area contributed by atoms with Crippen LogP contribution in [0.4, 0.5) is 5.88 Å². The van der Waals surface area contributed by atoms with Crippen LogP contribution >= 0.6 is 11.6 Å². The van der Waals surface area contributed by atoms with Crippen LogP contribution in [0.15, 0.2) is 87.1 Å². The minimum absolute atomic E-state index is 0.0196. The fourth-order valence-electron chi connectivity index (χ4n) is 3.65. The topological polar surface area (TPSA) is 90.7 Å². The highest BCUT2D eigenvalue weighted by Crippen LogP contribution is 2.39. The van der Waals surface area contributed by atoms with Crippen molar-refractivity contribution in [2.75, 3.05) is 18.5 Å². The number of anilines is 1. The van der Waals surface area contributed by atoms with Crippen molar-refractivity contribution in [1.29, 1.82) is 0 Å². The molecule has 1 atom stereocenters. The highest BCUT2D eigenvalue weighted by atomic mass is 35.5. The Morgan fingerprint density at radius 2 is 1.65 bits per heavy atom. The zero-order valence-electron chi connectivity index (χ0n) is 18.2. The lowest BCUT2D eigenvalue weighted by atomic mass is 10.1. The first kappa shape index (κ1) is 22.3. The molecule has 0 radical (unpaired) electrons. The van der Waals surface area contributed by atoms with Gasteiger partial charge in [-0.25, -0.2) is 8.42 Å². The van der Waals surface area contributed by atoms with Crippen molar-refractivity contribution in [2.45, 2.75) is 22.9 Å². The van der Waals surface area contributed by atoms with E-state index in [1.54, 1.807) is 30.3 Å². The molecular weight excluding hydrogens is 476 g/mol. The molecule has 4 aromatic rings. The number of aromatic nitrogens is 1. The molecule has 1 aromatic heterocycles. The summed E-state index contributed by atoms with van der Waals surface area (Å²) in [5.41, 5.74) is 1.45. The molecule has 2 heterocycles. The monoisotopic (exact) mass is 496 g/mol. The number of oxazole rings is 1. The van der Waals surface area contributed by atoms with E-state index in [1.807, 2.05) is 37.3 Å². The van der Waals surface area contributed by atoms with Gasteiger partial charge in [0.25, 0.3) is 0 Å². The number of nitrogens with one attached hydrogen (secondary N) is 1. The molecule has 0 fully saturated rings. The molecular formula is C25H21ClN2O5S. The lowest BCUT2D eigenvalue weighted by Gasteiger charge is -2.19. The smallest absolute Gasteiger partial charge is 0.234 e. The van der Waals surface area contributed by atoms with Crippen molar-refractivity contribution in [3.63, 3.8) is 0 Å². The molecule has 0 saturated carbocycles. The quantitative estimate of drug-likeness (QED) is 0.362. The Balaban J connectivity index is 1.60. The highest BCUT2D eigenvalue weighted by molar-refractivity contribution is 7.91. The third-order valence-corrected chi connectivity index (χ3v) is 7.42. The Bertz CT molecular complexity index is 1440. The number of sulfone groups is 1. The molecule has 34 heavy (non-hydrogen) atoms. The lowest BCUT2D eigenvalue weighted by Crippen LogP contribution is -2.16. The molecule has 1 aliphatic rings. The van der Waals surface area contributed by atoms with Gasteiger partial charge in [-0.2, -0.15) is 4.98 Å². The van der Waals surface area contributed by atoms with E-state index in [0.717, 1.165) is 5.56 Å². The van der Waals surface area contributed by atoms with E-state index in [4.69, 9.17) is 25.5 Å². The number of hydrogen-bond acceptors (Lipinski definition) is 7. The predicted octanol–water partition coefficient (Wildman–Crippen LogP) is 5.77. The molecule has 0 saturated heterocycles. The second-order valence-corrected chi connectivity index (χ2v) is 9.99. The number of rotatable bonds is 6. The average molecular weight is 497 g/mol. The largest absolute Gasteiger partial charge is 0.486 e. The molecule has 0 amide bonds. The molecule has 0 aliphatic carbocycles. The number of halogens is 1. The first-order valence-corrected chi connectivity index (χ1v) is 12.5. The molecule has 174 valence electrons. The van der Waals surface area contributed by atoms with Crippen LogP contribution in [0.2, 0.25) is 5.02 Å². The summed E-state index contributed by atoms with van der Waals surface area (Å²) >= 11 is 6.33. The van der Waals surface area contributed by atoms with Crippen molar-refractivity contribution in [2.24, 2.45) is 0 Å². The number of hydrogen-bond donors (Lipinski definition) is 1. The van der Waals surface area contributed by atoms with Crippen LogP contribution in [0.3, 0.4) is 0 Å². The second-order valence-electron chi connectivity index (χ2n) is 7.72. The molecule has 1 unspecified atom stereocenters. The van der Waals surface area contributed by atoms with E-state index in [-0.39, 0.29) is 27.7 Å². The summed E-state index contributed by atoms with van der Waals surface area (Å²) < 4.78 is 44.4. The number of nitrogens with zero attached hydrogens (tertiary/aromatic N) is 1. The maximum absolute atomic E-state index is 13.7. The van der Waals surface area contributed by atoms with Gasteiger partial charge in [-0.1, -0.05) is 54.1 Å². The van der Waals surface area contributed by atoms with Crippen LogP contribution in [0.5, 0.6) is 11.5 Å². The van der Waals surface area contributed by atoms with Crippen molar-refractivity contribution < 1.29 is 22.3 Å². The van der Waals surface area contributed by atoms with Gasteiger partial charge in [0, 0.05) is 6.07 Å². The van der Waals surface area contributed by atoms with Gasteiger partial charge in [0.2, 0.25) is 26.6 Å². The van der Waals surface area contributed by atoms with Crippen molar-refractivity contribution in [1.82, 2.24) is 4.98 Å². The Morgan fingerprint density at radius 1 is 0.941 bits per heavy atom. The fraction of sp³-hybridized carbons (Fsp3) is 0.160. The van der Waals surface area contributed by atoms with Crippen molar-refractivity contribution in [3.05, 3.63) is 83.4 Å². The summed E-state index contributed by atoms with van der Waals surface area (Å²) in [6, 6.07) is 20.8. The summed E-state index contributed by atoms with van der Waals surface area (Å²) in [4.78, 5) is 4.39. The Hall–Kier alpha value is -3.49. The fourth-order valence-corrected chi connectivity index (χ4v) is 5.15. The van der Waals surface area contributed by atoms with Crippen LogP contribution in [-0.4, -0.2) is 26.6 Å². The zero-order valence-corrected chi connectivity index (χ0v) is 19.8. The van der Waals surface area contributed by atoms with E-state index in [2.05, 4.69) is 10.3 Å². The highest BCUT2D eigenvalue weighted by Gasteiger charge is 2.31. The number of benzene rings is 3. The summed E-state index contributed by atoms with van der Waals surface area (Å²) in [6.45, 7) is 2.67. The van der Waals surface area contributed by atoms with Crippen molar-refractivity contribution in [3.8, 4) is 23.0 Å². The van der Waals surface area contributed by atoms with Gasteiger partial charge in [0.05, 0.1) is 21.5 Å². The summed E-state index contributed by atoms with van der Waals surface area (Å²) in [5, 5.41) is 3.33. The summed E-state index contributed by atoms with van der Waals surface area (Å²) in [5.74, 6) is 0.998. The molecule has 0 spiro atoms. The number of fused-ring (bicyclic) bond motifs is 1. The van der Waals surface area contributed by atoms with E-state index in [1.165, 1.54) is 12.1 Å². The molecule has 1 N–H and O–H groups in total. The van der Waals surface area contributed by atoms with Gasteiger partial charge in [-0.3, -0.25) is 0 Å². The Kier molecular flexibility index (Phi) is 5.93. The van der Waals surface area contributed by atoms with Gasteiger partial charge in [-0.05, 0) is 36.8 Å². The van der Waals surface area contributed by atoms with Gasteiger partial charge in [-0.15, -0.1) is 0 Å². The van der Waals surface area contributed by atoms with Gasteiger partial charge in [0.1, 0.15) is 13.2 Å². The molecule has 1 aliphatic heterocycles. The zero-order chi connectivity index (χ0) is 23.7. The van der Waals surface area contributed by atoms with E-state index in [9.17, 15) is 8.42 Å². The van der Waals surface area contributed by atoms with E-state index in [0.29, 0.717) is 35.3 Å². The molecule has 7 nitrogen and oxygen atoms in total. The van der Waals surface area contributed by atoms with Crippen LogP contribution in [-0.2, 0) is 9.84 Å². The first-order valence-electron chi connectivity index (χ1n) is 10.7. The van der Waals surface area contributed by atoms with Crippen LogP contribution in [0.1, 0.15) is 18.5 Å². The first-order chi connectivity index (χ1) is 16.4. The predicted molar refractivity (Wildman–Crippen MR) is 128 cm³/mol. The van der Waals surface area contributed by atoms with Gasteiger partial charge < -0.3 is 19.2 Å². The van der Waals surface area contributed by atoms with Crippen LogP contribution in [0.25, 0.3) is 11.5 Å². The van der Waals surface area contributed by atoms with Crippen molar-refractivity contribution >= 4 is 27.3 Å². The SMILES string of the molecule is CC(Nc1oc(-c2ccccc2Cl)nc1S(=O)(=O)c1ccc2c(c1)OCCO2)c1ccccc1. The maximum Gasteiger partial charge on any atom is 0.234 e. The van der Waals surface area contributed by atoms with Crippen LogP contribution in [0, 0.1) is 0 Å². The second kappa shape index (κ2) is 9.04. The minimum atomic E-state index is -4.08. The lowest BCUT2D eigenvalue weighted by molar-refractivity contribution is 0.171. The summed E-state index contributed by atoms with van der Waals surface area (Å²) in [6.07, 6.45) is 0. The minimum Gasteiger partial charge on any atom is -0.486 e. The van der Waals surface area contributed by atoms with E-state index >= 15 is 0 Å². The van der Waals surface area contributed by atoms with E-state index < -0.39 is 9.84 Å². The standard InChI is InChI=1S/C25H21ClN2O5S/c1-16(17-7-3-2-4-8-17)27-24-25(28-23(33-24)19-9-5-6-10-20(19)26)34(29,30)18-11-12-21-22(15-18)32-14-13-31-21/h2-12,15-16,27H,13-14H2,1H3. The van der Waals surface area contributed by atoms with Gasteiger partial charge >= 0.3 is 0 Å². The molecule has 3 aromatic carbocycles. The Morgan fingerprint density at radius 3 is 2.41 bits per heavy atom.